The van der Waals surface area contributed by atoms with E-state index in [-0.39, 0.29) is 29.3 Å². The van der Waals surface area contributed by atoms with E-state index in [0.29, 0.717) is 46.1 Å². The number of nitriles is 1. The topological polar surface area (TPSA) is 148 Å². The lowest BCUT2D eigenvalue weighted by Gasteiger charge is -2.27. The number of carbonyl (C=O) groups excluding carboxylic acids is 1. The maximum absolute atomic E-state index is 13.8. The normalized spacial score (nSPS) is 20.3. The van der Waals surface area contributed by atoms with Crippen LogP contribution in [0.2, 0.25) is 0 Å². The summed E-state index contributed by atoms with van der Waals surface area (Å²) in [7, 11) is 3.61. The number of likely N-dealkylation sites (tertiary alicyclic amines) is 1. The minimum Gasteiger partial charge on any atom is -0.506 e. The summed E-state index contributed by atoms with van der Waals surface area (Å²) in [5, 5.41) is 21.6. The van der Waals surface area contributed by atoms with Crippen LogP contribution in [0.3, 0.4) is 0 Å². The van der Waals surface area contributed by atoms with E-state index in [1.807, 2.05) is 59.0 Å². The summed E-state index contributed by atoms with van der Waals surface area (Å²) in [5.41, 5.74) is 12.6. The molecule has 11 heteroatoms. The summed E-state index contributed by atoms with van der Waals surface area (Å²) in [4.78, 5) is 30.3. The summed E-state index contributed by atoms with van der Waals surface area (Å²) in [6.07, 6.45) is 5.76. The molecule has 5 heterocycles. The second-order valence-corrected chi connectivity index (χ2v) is 13.5. The van der Waals surface area contributed by atoms with Crippen LogP contribution in [0, 0.1) is 23.2 Å². The fourth-order valence-corrected chi connectivity index (χ4v) is 7.90. The molecule has 2 bridgehead atoms. The molecule has 4 aromatic heterocycles. The van der Waals surface area contributed by atoms with Crippen LogP contribution in [-0.2, 0) is 13.6 Å². The molecule has 1 saturated heterocycles. The number of pyridine rings is 2. The molecule has 2 unspecified atom stereocenters. The van der Waals surface area contributed by atoms with Crippen molar-refractivity contribution < 1.29 is 14.6 Å². The van der Waals surface area contributed by atoms with Crippen molar-refractivity contribution in [3.05, 3.63) is 65.9 Å². The second kappa shape index (κ2) is 10.5. The zero-order valence-electron chi connectivity index (χ0n) is 26.7. The van der Waals surface area contributed by atoms with E-state index in [4.69, 9.17) is 20.4 Å². The fourth-order valence-electron chi connectivity index (χ4n) is 7.90. The van der Waals surface area contributed by atoms with Crippen molar-refractivity contribution >= 4 is 38.9 Å². The molecule has 0 radical (unpaired) electrons. The molecule has 2 saturated carbocycles. The van der Waals surface area contributed by atoms with Gasteiger partial charge in [0.05, 0.1) is 29.5 Å². The number of imidazole rings is 1. The van der Waals surface area contributed by atoms with Gasteiger partial charge in [0.15, 0.2) is 5.82 Å². The van der Waals surface area contributed by atoms with Gasteiger partial charge in [0.25, 0.3) is 5.91 Å². The Hall–Kier alpha value is -5.47. The Bertz CT molecular complexity index is 2360. The third kappa shape index (κ3) is 4.29. The largest absolute Gasteiger partial charge is 0.506 e. The van der Waals surface area contributed by atoms with Gasteiger partial charge < -0.3 is 29.6 Å². The Labute approximate surface area is 276 Å². The molecule has 3 fully saturated rings. The van der Waals surface area contributed by atoms with Gasteiger partial charge in [0, 0.05) is 60.3 Å². The maximum Gasteiger partial charge on any atom is 0.254 e. The van der Waals surface area contributed by atoms with Crippen molar-refractivity contribution in [3.8, 4) is 40.3 Å². The number of piperidine rings is 1. The number of benzene rings is 2. The molecule has 3 atom stereocenters. The number of ether oxygens (including phenoxy) is 1. The van der Waals surface area contributed by atoms with Crippen LogP contribution < -0.4 is 10.5 Å². The third-order valence-electron chi connectivity index (χ3n) is 10.7. The van der Waals surface area contributed by atoms with Crippen LogP contribution in [-0.4, -0.2) is 65.7 Å². The highest BCUT2D eigenvalue weighted by molar-refractivity contribution is 6.00. The van der Waals surface area contributed by atoms with Gasteiger partial charge in [0.2, 0.25) is 0 Å². The van der Waals surface area contributed by atoms with Crippen LogP contribution in [0.1, 0.15) is 41.6 Å². The lowest BCUT2D eigenvalue weighted by atomic mass is 10.1. The van der Waals surface area contributed by atoms with Crippen molar-refractivity contribution in [3.63, 3.8) is 0 Å². The lowest BCUT2D eigenvalue weighted by molar-refractivity contribution is 0.0700. The number of aromatic nitrogens is 5. The predicted octanol–water partition coefficient (Wildman–Crippen LogP) is 5.36. The number of carbonyl (C=O) groups is 1. The number of nitrogens with zero attached hydrogens (tertiary/aromatic N) is 7. The number of aromatic hydroxyl groups is 1. The molecule has 6 aromatic rings. The van der Waals surface area contributed by atoms with E-state index < -0.39 is 0 Å². The zero-order chi connectivity index (χ0) is 32.8. The Morgan fingerprint density at radius 2 is 1.94 bits per heavy atom. The molecule has 2 aromatic carbocycles. The number of aryl methyl sites for hydroxylation is 1. The van der Waals surface area contributed by atoms with Crippen LogP contribution in [0.4, 0.5) is 0 Å². The van der Waals surface area contributed by atoms with Crippen molar-refractivity contribution in [2.75, 3.05) is 13.7 Å². The summed E-state index contributed by atoms with van der Waals surface area (Å²) < 4.78 is 10.2. The highest BCUT2D eigenvalue weighted by atomic mass is 16.5. The van der Waals surface area contributed by atoms with E-state index in [1.54, 1.807) is 7.11 Å². The van der Waals surface area contributed by atoms with Gasteiger partial charge in [0.1, 0.15) is 34.3 Å². The molecular formula is C37H34N8O3. The Balaban J connectivity index is 1.15. The quantitative estimate of drug-likeness (QED) is 0.248. The minimum atomic E-state index is -0.0804. The van der Waals surface area contributed by atoms with Crippen LogP contribution in [0.15, 0.2) is 54.7 Å². The number of hydrogen-bond acceptors (Lipinski definition) is 8. The average Bonchev–Trinajstić information content (AvgIpc) is 3.51. The standard InChI is InChI=1S/C37H34N8O3/c1-43-33-28(12-23(14-31(33)48-2)37(47)45-18-22-7-10-29(45)32(22)39)42-36(43)30-13-21-6-8-26(41-35(21)44(30)17-19-3-4-19)20-5-9-27-25(11-20)34(46)24(15-38)16-40-27/h5-6,8-9,11-14,16,19,22,29,32H,3-4,7,10,17-18,39H2,1-2H3,(H,40,46)/t22?,29?,32-/m1/s1. The number of fused-ring (bicyclic) bond motifs is 5. The third-order valence-corrected chi connectivity index (χ3v) is 10.7. The fraction of sp³-hybridized carbons (Fsp3) is 0.324. The number of methoxy groups -OCH3 is 1. The Kier molecular flexibility index (Phi) is 6.30. The monoisotopic (exact) mass is 638 g/mol. The molecule has 0 spiro atoms. The molecule has 3 N–H and O–H groups in total. The van der Waals surface area contributed by atoms with E-state index >= 15 is 0 Å². The van der Waals surface area contributed by atoms with Crippen LogP contribution in [0.25, 0.3) is 55.7 Å². The molecule has 1 aliphatic heterocycles. The average molecular weight is 639 g/mol. The molecular weight excluding hydrogens is 604 g/mol. The molecule has 48 heavy (non-hydrogen) atoms. The smallest absolute Gasteiger partial charge is 0.254 e. The van der Waals surface area contributed by atoms with Gasteiger partial charge in [-0.2, -0.15) is 5.26 Å². The van der Waals surface area contributed by atoms with E-state index in [2.05, 4.69) is 21.7 Å². The lowest BCUT2D eigenvalue weighted by Crippen LogP contribution is -2.41. The number of rotatable bonds is 6. The number of amides is 1. The van der Waals surface area contributed by atoms with E-state index in [1.165, 1.54) is 19.0 Å². The SMILES string of the molecule is COc1cc(C(=O)N2CC3CCC2[C@@H]3N)cc2nc(-c3cc4ccc(-c5ccc6ncc(C#N)c(O)c6c5)nc4n3CC3CC3)n(C)c12. The van der Waals surface area contributed by atoms with Crippen molar-refractivity contribution in [1.29, 1.82) is 5.26 Å². The Morgan fingerprint density at radius 3 is 2.67 bits per heavy atom. The number of hydrogen-bond donors (Lipinski definition) is 2. The van der Waals surface area contributed by atoms with Gasteiger partial charge in [-0.25, -0.2) is 9.97 Å². The summed E-state index contributed by atoms with van der Waals surface area (Å²) in [6.45, 7) is 1.51. The van der Waals surface area contributed by atoms with Gasteiger partial charge in [-0.05, 0) is 80.0 Å². The molecule has 1 amide bonds. The first-order valence-electron chi connectivity index (χ1n) is 16.5. The first-order valence-corrected chi connectivity index (χ1v) is 16.5. The van der Waals surface area contributed by atoms with Gasteiger partial charge in [-0.3, -0.25) is 9.78 Å². The van der Waals surface area contributed by atoms with Gasteiger partial charge in [-0.15, -0.1) is 0 Å². The summed E-state index contributed by atoms with van der Waals surface area (Å²) >= 11 is 0. The summed E-state index contributed by atoms with van der Waals surface area (Å²) in [5.74, 6) is 2.20. The van der Waals surface area contributed by atoms with Gasteiger partial charge >= 0.3 is 0 Å². The minimum absolute atomic E-state index is 0.0220. The summed E-state index contributed by atoms with van der Waals surface area (Å²) in [6, 6.07) is 17.6. The van der Waals surface area contributed by atoms with Gasteiger partial charge in [-0.1, -0.05) is 6.07 Å². The van der Waals surface area contributed by atoms with Crippen molar-refractivity contribution in [2.24, 2.45) is 24.6 Å². The molecule has 11 nitrogen and oxygen atoms in total. The first-order chi connectivity index (χ1) is 23.3. The predicted molar refractivity (Wildman–Crippen MR) is 181 cm³/mol. The van der Waals surface area contributed by atoms with Crippen molar-refractivity contribution in [2.45, 2.75) is 44.3 Å². The zero-order valence-corrected chi connectivity index (χ0v) is 26.7. The van der Waals surface area contributed by atoms with Crippen LogP contribution >= 0.6 is 0 Å². The Morgan fingerprint density at radius 1 is 1.08 bits per heavy atom. The molecule has 3 aliphatic rings. The van der Waals surface area contributed by atoms with Crippen LogP contribution in [0.5, 0.6) is 11.5 Å². The highest BCUT2D eigenvalue weighted by Gasteiger charge is 2.47. The number of nitrogens with two attached hydrogens (primary N) is 1. The first kappa shape index (κ1) is 28.7. The highest BCUT2D eigenvalue weighted by Crippen LogP contribution is 2.40. The second-order valence-electron chi connectivity index (χ2n) is 13.5. The van der Waals surface area contributed by atoms with E-state index in [0.717, 1.165) is 58.7 Å². The molecule has 240 valence electrons. The maximum atomic E-state index is 13.8. The van der Waals surface area contributed by atoms with E-state index in [9.17, 15) is 15.2 Å². The molecule has 9 rings (SSSR count). The molecule has 2 aliphatic carbocycles. The van der Waals surface area contributed by atoms with Crippen molar-refractivity contribution in [1.82, 2.24) is 29.0 Å².